The average molecular weight is 214 g/mol. The standard InChI is InChI=1S/C13H14N2O/c14-13(11-5-7-15-8-6-11)9-10-1-3-12(16)4-2-10/h1-8,13,16H,9,14H2. The van der Waals surface area contributed by atoms with Crippen LogP contribution in [0.3, 0.4) is 0 Å². The number of rotatable bonds is 3. The van der Waals surface area contributed by atoms with Gasteiger partial charge in [-0.25, -0.2) is 0 Å². The van der Waals surface area contributed by atoms with Gasteiger partial charge in [0.25, 0.3) is 0 Å². The summed E-state index contributed by atoms with van der Waals surface area (Å²) in [6, 6.07) is 10.9. The molecule has 0 fully saturated rings. The lowest BCUT2D eigenvalue weighted by Gasteiger charge is -2.11. The fraction of sp³-hybridized carbons (Fsp3) is 0.154. The van der Waals surface area contributed by atoms with Gasteiger partial charge in [0.1, 0.15) is 5.75 Å². The summed E-state index contributed by atoms with van der Waals surface area (Å²) in [6.07, 6.45) is 4.24. The first-order valence-corrected chi connectivity index (χ1v) is 5.19. The highest BCUT2D eigenvalue weighted by Gasteiger charge is 2.06. The molecule has 0 aliphatic heterocycles. The van der Waals surface area contributed by atoms with E-state index in [1.165, 1.54) is 0 Å². The molecule has 0 saturated carbocycles. The zero-order valence-electron chi connectivity index (χ0n) is 8.88. The summed E-state index contributed by atoms with van der Waals surface area (Å²) in [4.78, 5) is 3.96. The van der Waals surface area contributed by atoms with Crippen molar-refractivity contribution in [2.75, 3.05) is 0 Å². The average Bonchev–Trinajstić information content (AvgIpc) is 2.33. The van der Waals surface area contributed by atoms with Crippen LogP contribution in [0.5, 0.6) is 5.75 Å². The van der Waals surface area contributed by atoms with Gasteiger partial charge in [0.15, 0.2) is 0 Å². The minimum absolute atomic E-state index is 0.0347. The first kappa shape index (κ1) is 10.6. The molecule has 0 bridgehead atoms. The molecule has 2 aromatic rings. The molecule has 1 atom stereocenters. The molecule has 82 valence electrons. The van der Waals surface area contributed by atoms with E-state index in [9.17, 15) is 0 Å². The number of nitrogens with two attached hydrogens (primary N) is 1. The number of phenolic OH excluding ortho intramolecular Hbond substituents is 1. The van der Waals surface area contributed by atoms with Crippen molar-refractivity contribution in [3.8, 4) is 5.75 Å². The SMILES string of the molecule is NC(Cc1ccc(O)cc1)c1ccncc1. The van der Waals surface area contributed by atoms with E-state index in [4.69, 9.17) is 10.8 Å². The summed E-state index contributed by atoms with van der Waals surface area (Å²) in [5.74, 6) is 0.279. The number of phenols is 1. The molecule has 0 aliphatic rings. The van der Waals surface area contributed by atoms with E-state index >= 15 is 0 Å². The number of aromatic hydroxyl groups is 1. The molecule has 16 heavy (non-hydrogen) atoms. The van der Waals surface area contributed by atoms with Gasteiger partial charge in [0.2, 0.25) is 0 Å². The van der Waals surface area contributed by atoms with Crippen LogP contribution >= 0.6 is 0 Å². The third-order valence-corrected chi connectivity index (χ3v) is 2.53. The molecular formula is C13H14N2O. The molecule has 0 radical (unpaired) electrons. The van der Waals surface area contributed by atoms with Crippen LogP contribution in [0.25, 0.3) is 0 Å². The molecular weight excluding hydrogens is 200 g/mol. The van der Waals surface area contributed by atoms with Crippen molar-refractivity contribution in [3.63, 3.8) is 0 Å². The third-order valence-electron chi connectivity index (χ3n) is 2.53. The van der Waals surface area contributed by atoms with Crippen molar-refractivity contribution in [2.24, 2.45) is 5.73 Å². The molecule has 1 aromatic heterocycles. The summed E-state index contributed by atoms with van der Waals surface area (Å²) in [6.45, 7) is 0. The Kier molecular flexibility index (Phi) is 3.17. The molecule has 1 aromatic carbocycles. The highest BCUT2D eigenvalue weighted by molar-refractivity contribution is 5.27. The number of pyridine rings is 1. The Balaban J connectivity index is 2.08. The number of nitrogens with zero attached hydrogens (tertiary/aromatic N) is 1. The maximum absolute atomic E-state index is 9.17. The van der Waals surface area contributed by atoms with Crippen LogP contribution in [0.1, 0.15) is 17.2 Å². The van der Waals surface area contributed by atoms with Gasteiger partial charge in [-0.05, 0) is 41.8 Å². The van der Waals surface area contributed by atoms with Crippen LogP contribution in [0, 0.1) is 0 Å². The Hall–Kier alpha value is -1.87. The molecule has 1 unspecified atom stereocenters. The van der Waals surface area contributed by atoms with Crippen LogP contribution in [0.2, 0.25) is 0 Å². The Morgan fingerprint density at radius 2 is 1.69 bits per heavy atom. The predicted octanol–water partition coefficient (Wildman–Crippen LogP) is 2.03. The lowest BCUT2D eigenvalue weighted by atomic mass is 10.0. The summed E-state index contributed by atoms with van der Waals surface area (Å²) >= 11 is 0. The monoisotopic (exact) mass is 214 g/mol. The molecule has 1 heterocycles. The Bertz CT molecular complexity index is 439. The molecule has 0 aliphatic carbocycles. The van der Waals surface area contributed by atoms with E-state index in [2.05, 4.69) is 4.98 Å². The van der Waals surface area contributed by atoms with Crippen LogP contribution in [0.15, 0.2) is 48.8 Å². The molecule has 0 spiro atoms. The second-order valence-corrected chi connectivity index (χ2v) is 3.76. The van der Waals surface area contributed by atoms with Crippen LogP contribution < -0.4 is 5.73 Å². The van der Waals surface area contributed by atoms with E-state index in [0.717, 1.165) is 17.5 Å². The van der Waals surface area contributed by atoms with Crippen LogP contribution in [-0.4, -0.2) is 10.1 Å². The van der Waals surface area contributed by atoms with Crippen molar-refractivity contribution in [1.82, 2.24) is 4.98 Å². The third kappa shape index (κ3) is 2.58. The predicted molar refractivity (Wildman–Crippen MR) is 63.0 cm³/mol. The van der Waals surface area contributed by atoms with Gasteiger partial charge in [-0.15, -0.1) is 0 Å². The molecule has 3 heteroatoms. The second-order valence-electron chi connectivity index (χ2n) is 3.76. The quantitative estimate of drug-likeness (QED) is 0.821. The lowest BCUT2D eigenvalue weighted by Crippen LogP contribution is -2.13. The second kappa shape index (κ2) is 4.77. The molecule has 0 saturated heterocycles. The topological polar surface area (TPSA) is 59.1 Å². The Morgan fingerprint density at radius 1 is 1.06 bits per heavy atom. The van der Waals surface area contributed by atoms with Crippen molar-refractivity contribution in [3.05, 3.63) is 59.9 Å². The molecule has 0 amide bonds. The maximum atomic E-state index is 9.17. The fourth-order valence-corrected chi connectivity index (χ4v) is 1.61. The molecule has 2 rings (SSSR count). The number of hydrogen-bond acceptors (Lipinski definition) is 3. The van der Waals surface area contributed by atoms with Crippen molar-refractivity contribution in [1.29, 1.82) is 0 Å². The van der Waals surface area contributed by atoms with Crippen LogP contribution in [0.4, 0.5) is 0 Å². The zero-order valence-corrected chi connectivity index (χ0v) is 8.88. The van der Waals surface area contributed by atoms with E-state index in [1.54, 1.807) is 24.5 Å². The van der Waals surface area contributed by atoms with E-state index in [1.807, 2.05) is 24.3 Å². The minimum Gasteiger partial charge on any atom is -0.508 e. The summed E-state index contributed by atoms with van der Waals surface area (Å²) in [5.41, 5.74) is 8.26. The zero-order chi connectivity index (χ0) is 11.4. The van der Waals surface area contributed by atoms with Gasteiger partial charge >= 0.3 is 0 Å². The highest BCUT2D eigenvalue weighted by atomic mass is 16.3. The van der Waals surface area contributed by atoms with Crippen molar-refractivity contribution < 1.29 is 5.11 Å². The summed E-state index contributed by atoms with van der Waals surface area (Å²) in [5, 5.41) is 9.17. The Labute approximate surface area is 94.6 Å². The highest BCUT2D eigenvalue weighted by Crippen LogP contribution is 2.17. The van der Waals surface area contributed by atoms with Gasteiger partial charge in [-0.3, -0.25) is 4.98 Å². The van der Waals surface area contributed by atoms with E-state index < -0.39 is 0 Å². The van der Waals surface area contributed by atoms with Gasteiger partial charge < -0.3 is 10.8 Å². The summed E-state index contributed by atoms with van der Waals surface area (Å²) < 4.78 is 0. The smallest absolute Gasteiger partial charge is 0.115 e. The van der Waals surface area contributed by atoms with E-state index in [0.29, 0.717) is 0 Å². The molecule has 3 nitrogen and oxygen atoms in total. The lowest BCUT2D eigenvalue weighted by molar-refractivity contribution is 0.475. The van der Waals surface area contributed by atoms with Crippen LogP contribution in [-0.2, 0) is 6.42 Å². The van der Waals surface area contributed by atoms with Gasteiger partial charge in [0.05, 0.1) is 0 Å². The van der Waals surface area contributed by atoms with Gasteiger partial charge in [-0.2, -0.15) is 0 Å². The van der Waals surface area contributed by atoms with Crippen molar-refractivity contribution >= 4 is 0 Å². The number of benzene rings is 1. The minimum atomic E-state index is -0.0347. The normalized spacial score (nSPS) is 12.3. The number of hydrogen-bond donors (Lipinski definition) is 2. The first-order valence-electron chi connectivity index (χ1n) is 5.19. The fourth-order valence-electron chi connectivity index (χ4n) is 1.61. The van der Waals surface area contributed by atoms with E-state index in [-0.39, 0.29) is 11.8 Å². The number of aromatic nitrogens is 1. The maximum Gasteiger partial charge on any atom is 0.115 e. The Morgan fingerprint density at radius 3 is 2.31 bits per heavy atom. The molecule has 3 N–H and O–H groups in total. The summed E-state index contributed by atoms with van der Waals surface area (Å²) in [7, 11) is 0. The van der Waals surface area contributed by atoms with Gasteiger partial charge in [0, 0.05) is 18.4 Å². The van der Waals surface area contributed by atoms with Gasteiger partial charge in [-0.1, -0.05) is 12.1 Å². The first-order chi connectivity index (χ1) is 7.75. The van der Waals surface area contributed by atoms with Crippen molar-refractivity contribution in [2.45, 2.75) is 12.5 Å². The largest absolute Gasteiger partial charge is 0.508 e.